The topological polar surface area (TPSA) is 0 Å². The number of rotatable bonds is 12. The molecule has 18 heavy (non-hydrogen) atoms. The van der Waals surface area contributed by atoms with Gasteiger partial charge in [-0.1, -0.05) is 0 Å². The molecule has 0 N–H and O–H groups in total. The van der Waals surface area contributed by atoms with E-state index in [9.17, 15) is 0 Å². The molecule has 0 spiro atoms. The van der Waals surface area contributed by atoms with Gasteiger partial charge in [0.05, 0.1) is 0 Å². The predicted octanol–water partition coefficient (Wildman–Crippen LogP) is 6.80. The average molecular weight is 359 g/mol. The van der Waals surface area contributed by atoms with Crippen LogP contribution in [0.3, 0.4) is 0 Å². The molecule has 0 radical (unpaired) electrons. The molecular formula is C17H36Sn. The molecule has 0 heterocycles. The van der Waals surface area contributed by atoms with Crippen molar-refractivity contribution in [3.8, 4) is 0 Å². The summed E-state index contributed by atoms with van der Waals surface area (Å²) in [7, 11) is 0. The molecule has 0 aromatic heterocycles. The van der Waals surface area contributed by atoms with Crippen LogP contribution < -0.4 is 0 Å². The normalized spacial score (nSPS) is 11.8. The van der Waals surface area contributed by atoms with Gasteiger partial charge in [-0.25, -0.2) is 0 Å². The van der Waals surface area contributed by atoms with Gasteiger partial charge in [0.25, 0.3) is 0 Å². The molecule has 0 aliphatic carbocycles. The van der Waals surface area contributed by atoms with Crippen LogP contribution in [-0.2, 0) is 0 Å². The zero-order chi connectivity index (χ0) is 13.9. The Hall–Kier alpha value is 0.539. The van der Waals surface area contributed by atoms with Gasteiger partial charge in [-0.15, -0.1) is 0 Å². The predicted molar refractivity (Wildman–Crippen MR) is 89.1 cm³/mol. The van der Waals surface area contributed by atoms with Crippen molar-refractivity contribution in [2.75, 3.05) is 0 Å². The molecule has 0 aliphatic rings. The monoisotopic (exact) mass is 360 g/mol. The SMILES string of the molecule is C=C(CC)[CH2][Sn]([CH2]CCC)([CH2]CCC)[CH2]CCC. The zero-order valence-corrected chi connectivity index (χ0v) is 16.3. The second-order valence-electron chi connectivity index (χ2n) is 6.09. The van der Waals surface area contributed by atoms with Crippen LogP contribution in [0, 0.1) is 0 Å². The van der Waals surface area contributed by atoms with Crippen LogP contribution in [0.25, 0.3) is 0 Å². The van der Waals surface area contributed by atoms with Crippen LogP contribution in [0.2, 0.25) is 17.7 Å². The van der Waals surface area contributed by atoms with E-state index in [4.69, 9.17) is 0 Å². The molecule has 0 aliphatic heterocycles. The van der Waals surface area contributed by atoms with Crippen molar-refractivity contribution in [3.63, 3.8) is 0 Å². The number of hydrogen-bond acceptors (Lipinski definition) is 0. The molecule has 0 aromatic rings. The summed E-state index contributed by atoms with van der Waals surface area (Å²) in [6, 6.07) is 0. The zero-order valence-electron chi connectivity index (χ0n) is 13.5. The van der Waals surface area contributed by atoms with Crippen LogP contribution >= 0.6 is 0 Å². The third kappa shape index (κ3) is 7.86. The second-order valence-corrected chi connectivity index (χ2v) is 19.9. The van der Waals surface area contributed by atoms with Crippen molar-refractivity contribution < 1.29 is 0 Å². The summed E-state index contributed by atoms with van der Waals surface area (Å²) in [6.45, 7) is 13.7. The van der Waals surface area contributed by atoms with E-state index in [1.807, 2.05) is 0 Å². The molecule has 0 saturated carbocycles. The summed E-state index contributed by atoms with van der Waals surface area (Å²) in [5.41, 5.74) is 1.56. The summed E-state index contributed by atoms with van der Waals surface area (Å²) in [6.07, 6.45) is 9.82. The fraction of sp³-hybridized carbons (Fsp3) is 0.882. The van der Waals surface area contributed by atoms with Crippen LogP contribution in [0.5, 0.6) is 0 Å². The van der Waals surface area contributed by atoms with E-state index in [1.54, 1.807) is 18.9 Å². The Kier molecular flexibility index (Phi) is 11.7. The van der Waals surface area contributed by atoms with Gasteiger partial charge in [0.2, 0.25) is 0 Å². The molecule has 0 rings (SSSR count). The standard InChI is InChI=1S/C5H9.3C4H9.Sn/c1-4-5(2)3;3*1-3-4-2;/h2-4H2,1H3;3*1,3-4H2,2H3;. The Morgan fingerprint density at radius 1 is 0.778 bits per heavy atom. The maximum absolute atomic E-state index is 4.33. The van der Waals surface area contributed by atoms with Gasteiger partial charge in [0, 0.05) is 0 Å². The molecule has 0 bridgehead atoms. The van der Waals surface area contributed by atoms with E-state index < -0.39 is 18.4 Å². The molecule has 1 heteroatoms. The van der Waals surface area contributed by atoms with Crippen molar-refractivity contribution in [1.82, 2.24) is 0 Å². The van der Waals surface area contributed by atoms with Crippen molar-refractivity contribution in [1.29, 1.82) is 0 Å². The second kappa shape index (κ2) is 11.4. The Morgan fingerprint density at radius 3 is 1.44 bits per heavy atom. The summed E-state index contributed by atoms with van der Waals surface area (Å²) in [5, 5.41) is 0. The fourth-order valence-corrected chi connectivity index (χ4v) is 19.8. The Balaban J connectivity index is 4.66. The van der Waals surface area contributed by atoms with E-state index in [1.165, 1.54) is 49.4 Å². The van der Waals surface area contributed by atoms with Gasteiger partial charge < -0.3 is 0 Å². The summed E-state index contributed by atoms with van der Waals surface area (Å²) < 4.78 is 6.38. The average Bonchev–Trinajstić information content (AvgIpc) is 2.40. The van der Waals surface area contributed by atoms with Gasteiger partial charge in [0.1, 0.15) is 0 Å². The van der Waals surface area contributed by atoms with E-state index in [-0.39, 0.29) is 0 Å². The summed E-state index contributed by atoms with van der Waals surface area (Å²) >= 11 is -1.87. The molecule has 0 fully saturated rings. The first-order valence-electron chi connectivity index (χ1n) is 8.30. The third-order valence-corrected chi connectivity index (χ3v) is 20.0. The number of unbranched alkanes of at least 4 members (excludes halogenated alkanes) is 3. The molecular weight excluding hydrogens is 323 g/mol. The Morgan fingerprint density at radius 2 is 1.17 bits per heavy atom. The minimum absolute atomic E-state index is 1.21. The van der Waals surface area contributed by atoms with Crippen molar-refractivity contribution in [2.45, 2.75) is 90.4 Å². The molecule has 0 nitrogen and oxygen atoms in total. The van der Waals surface area contributed by atoms with Crippen molar-refractivity contribution >= 4 is 18.4 Å². The Bertz CT molecular complexity index is 186. The van der Waals surface area contributed by atoms with E-state index in [0.717, 1.165) is 0 Å². The van der Waals surface area contributed by atoms with Crippen molar-refractivity contribution in [3.05, 3.63) is 12.2 Å². The summed E-state index contributed by atoms with van der Waals surface area (Å²) in [4.78, 5) is 0. The van der Waals surface area contributed by atoms with Crippen LogP contribution in [0.1, 0.15) is 72.6 Å². The molecule has 0 unspecified atom stereocenters. The van der Waals surface area contributed by atoms with Gasteiger partial charge in [-0.05, 0) is 0 Å². The molecule has 0 amide bonds. The van der Waals surface area contributed by atoms with Gasteiger partial charge >= 0.3 is 121 Å². The van der Waals surface area contributed by atoms with E-state index >= 15 is 0 Å². The first-order valence-corrected chi connectivity index (χ1v) is 16.4. The van der Waals surface area contributed by atoms with Crippen LogP contribution in [-0.4, -0.2) is 18.4 Å². The molecule has 108 valence electrons. The molecule has 0 saturated heterocycles. The molecule has 0 aromatic carbocycles. The van der Waals surface area contributed by atoms with Crippen molar-refractivity contribution in [2.24, 2.45) is 0 Å². The van der Waals surface area contributed by atoms with Gasteiger partial charge in [0.15, 0.2) is 0 Å². The van der Waals surface area contributed by atoms with Crippen LogP contribution in [0.15, 0.2) is 12.2 Å². The van der Waals surface area contributed by atoms with E-state index in [0.29, 0.717) is 0 Å². The van der Waals surface area contributed by atoms with E-state index in [2.05, 4.69) is 34.3 Å². The van der Waals surface area contributed by atoms with Crippen LogP contribution in [0.4, 0.5) is 0 Å². The first kappa shape index (κ1) is 18.5. The van der Waals surface area contributed by atoms with Gasteiger partial charge in [-0.2, -0.15) is 0 Å². The minimum atomic E-state index is -1.87. The van der Waals surface area contributed by atoms with Gasteiger partial charge in [-0.3, -0.25) is 0 Å². The summed E-state index contributed by atoms with van der Waals surface area (Å²) in [5.74, 6) is 0. The first-order chi connectivity index (χ1) is 8.64. The number of hydrogen-bond donors (Lipinski definition) is 0. The molecule has 0 atom stereocenters. The quantitative estimate of drug-likeness (QED) is 0.265. The third-order valence-electron chi connectivity index (χ3n) is 4.31. The fourth-order valence-electron chi connectivity index (χ4n) is 2.95. The Labute approximate surface area is 121 Å². The maximum atomic E-state index is 4.33. The number of allylic oxidation sites excluding steroid dienone is 1.